The van der Waals surface area contributed by atoms with Gasteiger partial charge < -0.3 is 25.6 Å². The largest absolute Gasteiger partial charge is 0.462 e. The van der Waals surface area contributed by atoms with Gasteiger partial charge in [0.1, 0.15) is 10.6 Å². The molecule has 2 rings (SSSR count). The van der Waals surface area contributed by atoms with Crippen LogP contribution in [0.2, 0.25) is 0 Å². The first-order valence-corrected chi connectivity index (χ1v) is 6.35. The Labute approximate surface area is 108 Å². The number of aliphatic hydroxyl groups is 2. The van der Waals surface area contributed by atoms with Gasteiger partial charge in [0.15, 0.2) is 5.82 Å². The van der Waals surface area contributed by atoms with Gasteiger partial charge in [-0.15, -0.1) is 0 Å². The zero-order valence-corrected chi connectivity index (χ0v) is 10.7. The Morgan fingerprint density at radius 2 is 2.17 bits per heavy atom. The van der Waals surface area contributed by atoms with Gasteiger partial charge in [0.2, 0.25) is 0 Å². The van der Waals surface area contributed by atoms with E-state index in [0.717, 1.165) is 11.5 Å². The van der Waals surface area contributed by atoms with Gasteiger partial charge in [-0.05, 0) is 18.5 Å². The molecule has 7 nitrogen and oxygen atoms in total. The summed E-state index contributed by atoms with van der Waals surface area (Å²) in [5.41, 5.74) is 5.87. The van der Waals surface area contributed by atoms with Gasteiger partial charge in [-0.3, -0.25) is 0 Å². The first-order chi connectivity index (χ1) is 8.54. The molecule has 2 unspecified atom stereocenters. The summed E-state index contributed by atoms with van der Waals surface area (Å²) in [6, 6.07) is 0. The fraction of sp³-hybridized carbons (Fsp3) is 0.600. The topological polar surface area (TPSA) is 109 Å². The normalized spacial score (nSPS) is 23.4. The molecule has 0 spiro atoms. The summed E-state index contributed by atoms with van der Waals surface area (Å²) in [6.07, 6.45) is -1.66. The lowest BCUT2D eigenvalue weighted by atomic mass is 10.3. The van der Waals surface area contributed by atoms with Crippen molar-refractivity contribution in [3.8, 4) is 0 Å². The van der Waals surface area contributed by atoms with Crippen molar-refractivity contribution in [3.63, 3.8) is 0 Å². The van der Waals surface area contributed by atoms with E-state index in [0.29, 0.717) is 5.00 Å². The number of hydrogen-bond acceptors (Lipinski definition) is 8. The van der Waals surface area contributed by atoms with E-state index < -0.39 is 18.2 Å². The van der Waals surface area contributed by atoms with E-state index in [4.69, 9.17) is 10.5 Å². The van der Waals surface area contributed by atoms with Crippen LogP contribution in [0, 0.1) is 0 Å². The van der Waals surface area contributed by atoms with Crippen LogP contribution in [0.4, 0.5) is 10.8 Å². The molecule has 2 atom stereocenters. The summed E-state index contributed by atoms with van der Waals surface area (Å²) in [6.45, 7) is 2.44. The fourth-order valence-corrected chi connectivity index (χ4v) is 2.66. The highest BCUT2D eigenvalue weighted by Crippen LogP contribution is 2.33. The first kappa shape index (κ1) is 13.1. The summed E-state index contributed by atoms with van der Waals surface area (Å²) in [7, 11) is 0. The van der Waals surface area contributed by atoms with Gasteiger partial charge in [-0.2, -0.15) is 4.37 Å². The number of ether oxygens (including phenoxy) is 1. The maximum atomic E-state index is 11.8. The molecule has 1 aromatic rings. The minimum atomic E-state index is -0.830. The van der Waals surface area contributed by atoms with Crippen molar-refractivity contribution in [2.45, 2.75) is 19.1 Å². The summed E-state index contributed by atoms with van der Waals surface area (Å²) in [4.78, 5) is 13.5. The van der Waals surface area contributed by atoms with E-state index >= 15 is 0 Å². The molecule has 0 aromatic carbocycles. The minimum absolute atomic E-state index is 0.115. The second-order valence-electron chi connectivity index (χ2n) is 4.01. The summed E-state index contributed by atoms with van der Waals surface area (Å²) in [5.74, 6) is -0.418. The Morgan fingerprint density at radius 1 is 1.56 bits per heavy atom. The van der Waals surface area contributed by atoms with Crippen molar-refractivity contribution >= 4 is 28.3 Å². The molecule has 0 radical (unpaired) electrons. The zero-order valence-electron chi connectivity index (χ0n) is 9.87. The smallest absolute Gasteiger partial charge is 0.345 e. The van der Waals surface area contributed by atoms with Crippen LogP contribution in [0.5, 0.6) is 0 Å². The number of nitrogens with zero attached hydrogens (tertiary/aromatic N) is 2. The Balaban J connectivity index is 2.26. The van der Waals surface area contributed by atoms with E-state index in [1.54, 1.807) is 11.8 Å². The molecule has 18 heavy (non-hydrogen) atoms. The third kappa shape index (κ3) is 2.26. The van der Waals surface area contributed by atoms with Crippen molar-refractivity contribution in [1.29, 1.82) is 0 Å². The number of β-amino-alcohol motifs (C(OH)–C–C–N with tert-alkyl or cyclic N) is 2. The molecule has 0 amide bonds. The van der Waals surface area contributed by atoms with Crippen LogP contribution in [0.1, 0.15) is 17.3 Å². The molecule has 1 aromatic heterocycles. The lowest BCUT2D eigenvalue weighted by Crippen LogP contribution is -2.22. The van der Waals surface area contributed by atoms with E-state index in [1.165, 1.54) is 0 Å². The monoisotopic (exact) mass is 273 g/mol. The van der Waals surface area contributed by atoms with Gasteiger partial charge >= 0.3 is 5.97 Å². The highest BCUT2D eigenvalue weighted by atomic mass is 32.1. The molecule has 8 heteroatoms. The number of esters is 1. The second-order valence-corrected chi connectivity index (χ2v) is 4.76. The molecule has 0 bridgehead atoms. The van der Waals surface area contributed by atoms with Crippen molar-refractivity contribution in [3.05, 3.63) is 5.56 Å². The van der Waals surface area contributed by atoms with Crippen LogP contribution in [0.15, 0.2) is 0 Å². The Morgan fingerprint density at radius 3 is 2.72 bits per heavy atom. The Kier molecular flexibility index (Phi) is 3.69. The van der Waals surface area contributed by atoms with Crippen LogP contribution in [0.3, 0.4) is 0 Å². The molecule has 1 aliphatic heterocycles. The average molecular weight is 273 g/mol. The summed E-state index contributed by atoms with van der Waals surface area (Å²) < 4.78 is 8.85. The Bertz CT molecular complexity index is 440. The fourth-order valence-electron chi connectivity index (χ4n) is 1.84. The van der Waals surface area contributed by atoms with E-state index in [-0.39, 0.29) is 31.1 Å². The molecule has 0 saturated carbocycles. The molecular formula is C10H15N3O4S. The number of aliphatic hydroxyl groups excluding tert-OH is 2. The predicted octanol–water partition coefficient (Wildman–Crippen LogP) is -0.556. The zero-order chi connectivity index (χ0) is 13.3. The first-order valence-electron chi connectivity index (χ1n) is 5.58. The molecule has 1 aliphatic rings. The van der Waals surface area contributed by atoms with Crippen molar-refractivity contribution in [1.82, 2.24) is 4.37 Å². The molecule has 1 saturated heterocycles. The maximum Gasteiger partial charge on any atom is 0.345 e. The molecule has 4 N–H and O–H groups in total. The standard InChI is InChI=1S/C10H15N3O4S/c1-2-17-10(16)7-8(11)12-18-9(7)13-3-5(14)6(15)4-13/h5-6,14-15H,2-4H2,1H3,(H2,11,12). The van der Waals surface area contributed by atoms with E-state index in [1.807, 2.05) is 0 Å². The third-order valence-corrected chi connectivity index (χ3v) is 3.65. The van der Waals surface area contributed by atoms with Gasteiger partial charge in [0, 0.05) is 13.1 Å². The maximum absolute atomic E-state index is 11.8. The van der Waals surface area contributed by atoms with Crippen molar-refractivity contribution < 1.29 is 19.7 Å². The third-order valence-electron chi connectivity index (χ3n) is 2.73. The van der Waals surface area contributed by atoms with Gasteiger partial charge in [0.25, 0.3) is 0 Å². The number of hydrogen-bond donors (Lipinski definition) is 3. The summed E-state index contributed by atoms with van der Waals surface area (Å²) in [5, 5.41) is 19.6. The lowest BCUT2D eigenvalue weighted by Gasteiger charge is -2.16. The molecule has 0 aliphatic carbocycles. The van der Waals surface area contributed by atoms with Crippen LogP contribution < -0.4 is 10.6 Å². The van der Waals surface area contributed by atoms with Crippen molar-refractivity contribution in [2.24, 2.45) is 0 Å². The van der Waals surface area contributed by atoms with Crippen molar-refractivity contribution in [2.75, 3.05) is 30.3 Å². The number of nitrogens with two attached hydrogens (primary N) is 1. The van der Waals surface area contributed by atoms with Crippen LogP contribution in [-0.2, 0) is 4.74 Å². The van der Waals surface area contributed by atoms with E-state index in [2.05, 4.69) is 4.37 Å². The summed E-state index contributed by atoms with van der Waals surface area (Å²) >= 11 is 1.06. The average Bonchev–Trinajstić information content (AvgIpc) is 2.84. The number of carbonyl (C=O) groups is 1. The molecular weight excluding hydrogens is 258 g/mol. The van der Waals surface area contributed by atoms with Gasteiger partial charge in [-0.25, -0.2) is 4.79 Å². The van der Waals surface area contributed by atoms with E-state index in [9.17, 15) is 15.0 Å². The lowest BCUT2D eigenvalue weighted by molar-refractivity contribution is 0.0528. The molecule has 2 heterocycles. The van der Waals surface area contributed by atoms with Crippen LogP contribution in [0.25, 0.3) is 0 Å². The highest BCUT2D eigenvalue weighted by molar-refractivity contribution is 7.11. The number of rotatable bonds is 3. The van der Waals surface area contributed by atoms with Gasteiger partial charge in [-0.1, -0.05) is 0 Å². The number of carbonyl (C=O) groups excluding carboxylic acids is 1. The van der Waals surface area contributed by atoms with Crippen LogP contribution >= 0.6 is 11.5 Å². The highest BCUT2D eigenvalue weighted by Gasteiger charge is 2.34. The Hall–Kier alpha value is -1.38. The molecule has 100 valence electrons. The second kappa shape index (κ2) is 5.09. The predicted molar refractivity (Wildman–Crippen MR) is 66.7 cm³/mol. The minimum Gasteiger partial charge on any atom is -0.462 e. The number of anilines is 2. The van der Waals surface area contributed by atoms with Crippen LogP contribution in [-0.4, -0.2) is 52.5 Å². The quantitative estimate of drug-likeness (QED) is 0.633. The number of nitrogen functional groups attached to an aromatic ring is 1. The SMILES string of the molecule is CCOC(=O)c1c(N)nsc1N1CC(O)C(O)C1. The molecule has 1 fully saturated rings. The van der Waals surface area contributed by atoms with Gasteiger partial charge in [0.05, 0.1) is 18.8 Å². The number of aromatic nitrogens is 1.